The van der Waals surface area contributed by atoms with E-state index in [2.05, 4.69) is 21.3 Å². The molecule has 1 aliphatic rings. The van der Waals surface area contributed by atoms with Gasteiger partial charge in [0.05, 0.1) is 12.6 Å². The number of rotatable bonds is 10. The van der Waals surface area contributed by atoms with Crippen LogP contribution in [-0.4, -0.2) is 72.0 Å². The van der Waals surface area contributed by atoms with Gasteiger partial charge in [-0.1, -0.05) is 0 Å². The third-order valence-electron chi connectivity index (χ3n) is 3.80. The lowest BCUT2D eigenvalue weighted by molar-refractivity contribution is -0.142. The molecule has 1 rings (SSSR count). The summed E-state index contributed by atoms with van der Waals surface area (Å²) in [6.45, 7) is 2.01. The normalized spacial score (nSPS) is 18.9. The first kappa shape index (κ1) is 21.2. The number of carboxylic acids is 1. The third-order valence-corrected chi connectivity index (χ3v) is 4.44. The Kier molecular flexibility index (Phi) is 9.28. The highest BCUT2D eigenvalue weighted by Crippen LogP contribution is 2.04. The van der Waals surface area contributed by atoms with Crippen molar-refractivity contribution in [2.75, 3.05) is 25.1 Å². The number of carboxylic acid groups (broad SMARTS) is 1. The first-order valence-corrected chi connectivity index (χ1v) is 9.57. The summed E-state index contributed by atoms with van der Waals surface area (Å²) in [5.74, 6) is -1.85. The molecule has 1 aliphatic heterocycles. The van der Waals surface area contributed by atoms with Gasteiger partial charge in [0.15, 0.2) is 0 Å². The number of nitrogens with one attached hydrogen (secondary N) is 4. The average molecular weight is 374 g/mol. The van der Waals surface area contributed by atoms with Crippen molar-refractivity contribution >= 4 is 35.5 Å². The van der Waals surface area contributed by atoms with Crippen LogP contribution in [0.5, 0.6) is 0 Å². The fraction of sp³-hybridized carbons (Fsp3) is 0.733. The smallest absolute Gasteiger partial charge is 0.326 e. The highest BCUT2D eigenvalue weighted by Gasteiger charge is 2.25. The predicted octanol–water partition coefficient (Wildman–Crippen LogP) is -1.32. The summed E-state index contributed by atoms with van der Waals surface area (Å²) in [5, 5.41) is 19.5. The highest BCUT2D eigenvalue weighted by atomic mass is 32.2. The van der Waals surface area contributed by atoms with E-state index in [0.717, 1.165) is 19.4 Å². The summed E-state index contributed by atoms with van der Waals surface area (Å²) in [5.41, 5.74) is 0. The van der Waals surface area contributed by atoms with Crippen LogP contribution < -0.4 is 21.3 Å². The van der Waals surface area contributed by atoms with Crippen molar-refractivity contribution < 1.29 is 24.3 Å². The van der Waals surface area contributed by atoms with E-state index in [1.165, 1.54) is 18.7 Å². The van der Waals surface area contributed by atoms with Crippen molar-refractivity contribution in [2.24, 2.45) is 0 Å². The lowest BCUT2D eigenvalue weighted by atomic mass is 10.2. The molecule has 9 nitrogen and oxygen atoms in total. The largest absolute Gasteiger partial charge is 0.480 e. The monoisotopic (exact) mass is 374 g/mol. The number of amides is 3. The van der Waals surface area contributed by atoms with Gasteiger partial charge >= 0.3 is 5.97 Å². The maximum Gasteiger partial charge on any atom is 0.326 e. The van der Waals surface area contributed by atoms with E-state index in [9.17, 15) is 19.2 Å². The van der Waals surface area contributed by atoms with E-state index in [-0.39, 0.29) is 18.5 Å². The molecule has 0 saturated carbocycles. The molecule has 3 atom stereocenters. The molecule has 0 bridgehead atoms. The number of carbonyl (C=O) groups is 4. The number of aliphatic carboxylic acids is 1. The molecule has 0 spiro atoms. The van der Waals surface area contributed by atoms with E-state index in [1.807, 2.05) is 6.26 Å². The molecule has 1 saturated heterocycles. The van der Waals surface area contributed by atoms with Crippen LogP contribution in [0.2, 0.25) is 0 Å². The summed E-state index contributed by atoms with van der Waals surface area (Å²) in [6, 6.07) is -2.17. The molecule has 0 aromatic rings. The van der Waals surface area contributed by atoms with Crippen molar-refractivity contribution in [3.63, 3.8) is 0 Å². The van der Waals surface area contributed by atoms with Crippen LogP contribution in [0.3, 0.4) is 0 Å². The lowest BCUT2D eigenvalue weighted by Gasteiger charge is -2.19. The zero-order chi connectivity index (χ0) is 18.8. The topological polar surface area (TPSA) is 137 Å². The molecule has 1 fully saturated rings. The van der Waals surface area contributed by atoms with Gasteiger partial charge in [0.25, 0.3) is 0 Å². The Hall–Kier alpha value is -1.81. The number of carbonyl (C=O) groups excluding carboxylic acids is 3. The minimum absolute atomic E-state index is 0.233. The van der Waals surface area contributed by atoms with Crippen LogP contribution in [0.15, 0.2) is 0 Å². The van der Waals surface area contributed by atoms with Crippen LogP contribution in [0.1, 0.15) is 26.2 Å². The molecule has 10 heteroatoms. The van der Waals surface area contributed by atoms with Crippen molar-refractivity contribution in [1.82, 2.24) is 21.3 Å². The lowest BCUT2D eigenvalue weighted by Crippen LogP contribution is -2.52. The van der Waals surface area contributed by atoms with Crippen molar-refractivity contribution in [3.05, 3.63) is 0 Å². The summed E-state index contributed by atoms with van der Waals surface area (Å²) < 4.78 is 0. The second-order valence-electron chi connectivity index (χ2n) is 5.84. The maximum atomic E-state index is 12.0. The molecule has 1 heterocycles. The Morgan fingerprint density at radius 3 is 2.56 bits per heavy atom. The minimum atomic E-state index is -1.11. The molecule has 0 aromatic heterocycles. The summed E-state index contributed by atoms with van der Waals surface area (Å²) in [7, 11) is 0. The van der Waals surface area contributed by atoms with Crippen molar-refractivity contribution in [3.8, 4) is 0 Å². The van der Waals surface area contributed by atoms with E-state index in [0.29, 0.717) is 12.2 Å². The van der Waals surface area contributed by atoms with Gasteiger partial charge in [-0.15, -0.1) is 0 Å². The molecular weight excluding hydrogens is 348 g/mol. The second-order valence-corrected chi connectivity index (χ2v) is 6.82. The van der Waals surface area contributed by atoms with Gasteiger partial charge in [0, 0.05) is 0 Å². The molecule has 25 heavy (non-hydrogen) atoms. The van der Waals surface area contributed by atoms with Crippen LogP contribution in [0.25, 0.3) is 0 Å². The fourth-order valence-electron chi connectivity index (χ4n) is 2.35. The zero-order valence-corrected chi connectivity index (χ0v) is 15.3. The van der Waals surface area contributed by atoms with Crippen LogP contribution >= 0.6 is 11.8 Å². The molecule has 5 N–H and O–H groups in total. The molecule has 0 radical (unpaired) electrons. The van der Waals surface area contributed by atoms with Crippen LogP contribution in [0, 0.1) is 0 Å². The Bertz CT molecular complexity index is 496. The highest BCUT2D eigenvalue weighted by molar-refractivity contribution is 7.98. The molecule has 142 valence electrons. The molecule has 3 amide bonds. The van der Waals surface area contributed by atoms with E-state index in [4.69, 9.17) is 5.11 Å². The minimum Gasteiger partial charge on any atom is -0.480 e. The number of hydrogen-bond donors (Lipinski definition) is 5. The second kappa shape index (κ2) is 10.9. The average Bonchev–Trinajstić information content (AvgIpc) is 3.10. The Morgan fingerprint density at radius 1 is 1.28 bits per heavy atom. The van der Waals surface area contributed by atoms with Gasteiger partial charge in [-0.25, -0.2) is 4.79 Å². The summed E-state index contributed by atoms with van der Waals surface area (Å²) in [4.78, 5) is 46.7. The van der Waals surface area contributed by atoms with Gasteiger partial charge in [-0.2, -0.15) is 11.8 Å². The van der Waals surface area contributed by atoms with E-state index in [1.54, 1.807) is 0 Å². The molecular formula is C15H26N4O5S. The summed E-state index contributed by atoms with van der Waals surface area (Å²) >= 11 is 1.48. The fourth-order valence-corrected chi connectivity index (χ4v) is 2.82. The first-order valence-electron chi connectivity index (χ1n) is 8.17. The first-order chi connectivity index (χ1) is 11.8. The third kappa shape index (κ3) is 7.74. The van der Waals surface area contributed by atoms with Crippen LogP contribution in [-0.2, 0) is 19.2 Å². The quantitative estimate of drug-likeness (QED) is 0.320. The maximum absolute atomic E-state index is 12.0. The van der Waals surface area contributed by atoms with Crippen LogP contribution in [0.4, 0.5) is 0 Å². The SMILES string of the molecule is CSCCC(NC(=O)C(C)NC(=O)CNC(=O)C1CCCN1)C(=O)O. The number of thioether (sulfide) groups is 1. The van der Waals surface area contributed by atoms with Gasteiger partial charge in [-0.05, 0) is 44.7 Å². The molecule has 3 unspecified atom stereocenters. The number of hydrogen-bond acceptors (Lipinski definition) is 6. The molecule has 0 aliphatic carbocycles. The molecule has 0 aromatic carbocycles. The Labute approximate surface area is 151 Å². The predicted molar refractivity (Wildman–Crippen MR) is 94.2 cm³/mol. The Morgan fingerprint density at radius 2 is 2.00 bits per heavy atom. The van der Waals surface area contributed by atoms with Gasteiger partial charge in [-0.3, -0.25) is 14.4 Å². The van der Waals surface area contributed by atoms with Crippen molar-refractivity contribution in [1.29, 1.82) is 0 Å². The Balaban J connectivity index is 2.35. The standard InChI is InChI=1S/C15H26N4O5S/c1-9(13(21)19-11(15(23)24)5-7-25-2)18-12(20)8-17-14(22)10-4-3-6-16-10/h9-11,16H,3-8H2,1-2H3,(H,17,22)(H,18,20)(H,19,21)(H,23,24). The van der Waals surface area contributed by atoms with E-state index >= 15 is 0 Å². The van der Waals surface area contributed by atoms with Gasteiger partial charge in [0.1, 0.15) is 12.1 Å². The van der Waals surface area contributed by atoms with Gasteiger partial charge in [0.2, 0.25) is 17.7 Å². The summed E-state index contributed by atoms with van der Waals surface area (Å²) in [6.07, 6.45) is 3.80. The van der Waals surface area contributed by atoms with Gasteiger partial charge < -0.3 is 26.4 Å². The van der Waals surface area contributed by atoms with E-state index < -0.39 is 29.9 Å². The van der Waals surface area contributed by atoms with Crippen molar-refractivity contribution in [2.45, 2.75) is 44.3 Å². The zero-order valence-electron chi connectivity index (χ0n) is 14.5.